The third-order valence-electron chi connectivity index (χ3n) is 5.14. The Kier molecular flexibility index (Phi) is 6.15. The van der Waals surface area contributed by atoms with Crippen molar-refractivity contribution in [2.45, 2.75) is 19.1 Å². The quantitative estimate of drug-likeness (QED) is 0.288. The lowest BCUT2D eigenvalue weighted by atomic mass is 9.98. The summed E-state index contributed by atoms with van der Waals surface area (Å²) in [5.74, 6) is -1.74. The highest BCUT2D eigenvalue weighted by atomic mass is 19.4. The van der Waals surface area contributed by atoms with Crippen molar-refractivity contribution in [2.75, 3.05) is 6.54 Å². The Morgan fingerprint density at radius 2 is 1.82 bits per heavy atom. The molecule has 1 heterocycles. The van der Waals surface area contributed by atoms with Crippen LogP contribution >= 0.6 is 0 Å². The molecule has 5 nitrogen and oxygen atoms in total. The normalized spacial score (nSPS) is 11.8. The number of aromatic nitrogens is 2. The van der Waals surface area contributed by atoms with Crippen LogP contribution in [0.4, 0.5) is 17.6 Å². The molecule has 0 aliphatic carbocycles. The van der Waals surface area contributed by atoms with Crippen LogP contribution in [0.15, 0.2) is 66.9 Å². The minimum atomic E-state index is -4.69. The summed E-state index contributed by atoms with van der Waals surface area (Å²) >= 11 is 0. The first-order valence-corrected chi connectivity index (χ1v) is 10.1. The fourth-order valence-electron chi connectivity index (χ4n) is 3.55. The van der Waals surface area contributed by atoms with Crippen LogP contribution in [0.1, 0.15) is 17.5 Å². The number of rotatable bonds is 7. The lowest BCUT2D eigenvalue weighted by molar-refractivity contribution is -0.137. The van der Waals surface area contributed by atoms with Gasteiger partial charge in [-0.05, 0) is 34.9 Å². The molecule has 170 valence electrons. The third kappa shape index (κ3) is 5.04. The maximum atomic E-state index is 15.0. The molecule has 0 spiro atoms. The number of nitrogens with zero attached hydrogens (tertiary/aromatic N) is 2. The first-order chi connectivity index (χ1) is 15.7. The summed E-state index contributed by atoms with van der Waals surface area (Å²) in [5, 5.41) is 16.6. The van der Waals surface area contributed by atoms with Crippen molar-refractivity contribution in [3.8, 4) is 16.8 Å². The molecule has 2 N–H and O–H groups in total. The number of hydrogen-bond donors (Lipinski definition) is 2. The summed E-state index contributed by atoms with van der Waals surface area (Å²) in [4.78, 5) is 10.6. The van der Waals surface area contributed by atoms with E-state index in [1.54, 1.807) is 36.4 Å². The molecule has 0 bridgehead atoms. The number of nitrogens with one attached hydrogen (secondary N) is 1. The molecule has 0 fully saturated rings. The van der Waals surface area contributed by atoms with Gasteiger partial charge in [0.15, 0.2) is 0 Å². The van der Waals surface area contributed by atoms with Gasteiger partial charge < -0.3 is 10.4 Å². The van der Waals surface area contributed by atoms with Gasteiger partial charge in [0.2, 0.25) is 0 Å². The predicted octanol–water partition coefficient (Wildman–Crippen LogP) is 5.41. The van der Waals surface area contributed by atoms with Crippen molar-refractivity contribution >= 4 is 16.9 Å². The number of benzene rings is 3. The number of carbonyl (C=O) groups is 1. The molecule has 0 amide bonds. The molecule has 0 saturated heterocycles. The molecular weight excluding hydrogens is 438 g/mol. The van der Waals surface area contributed by atoms with Gasteiger partial charge in [0, 0.05) is 24.7 Å². The number of aliphatic carboxylic acids is 1. The first-order valence-electron chi connectivity index (χ1n) is 10.1. The Bertz CT molecular complexity index is 1300. The Balaban J connectivity index is 1.69. The Morgan fingerprint density at radius 3 is 2.52 bits per heavy atom. The molecule has 0 atom stereocenters. The predicted molar refractivity (Wildman–Crippen MR) is 115 cm³/mol. The standard InChI is InChI=1S/C24H19F4N3O2/c25-20-11-18(16-4-2-1-3-5-16)19(24(26,27)28)12-22(20)31-14-17-7-6-15(10-21(17)30-31)13-29-9-8-23(32)33/h1-7,10-12,14,29H,8-9,13H2,(H,32,33). The Hall–Kier alpha value is -3.72. The Morgan fingerprint density at radius 1 is 1.06 bits per heavy atom. The van der Waals surface area contributed by atoms with E-state index in [0.29, 0.717) is 24.0 Å². The average molecular weight is 457 g/mol. The molecule has 0 radical (unpaired) electrons. The van der Waals surface area contributed by atoms with Gasteiger partial charge in [-0.25, -0.2) is 9.07 Å². The number of fused-ring (bicyclic) bond motifs is 1. The Labute approximate surface area is 186 Å². The van der Waals surface area contributed by atoms with Gasteiger partial charge in [0.1, 0.15) is 11.5 Å². The zero-order valence-electron chi connectivity index (χ0n) is 17.2. The smallest absolute Gasteiger partial charge is 0.417 e. The van der Waals surface area contributed by atoms with Gasteiger partial charge in [-0.3, -0.25) is 4.79 Å². The lowest BCUT2D eigenvalue weighted by Crippen LogP contribution is -2.17. The maximum absolute atomic E-state index is 15.0. The van der Waals surface area contributed by atoms with E-state index >= 15 is 0 Å². The summed E-state index contributed by atoms with van der Waals surface area (Å²) in [5.41, 5.74) is 0.0608. The van der Waals surface area contributed by atoms with Crippen LogP contribution in [0.2, 0.25) is 0 Å². The molecule has 0 aliphatic rings. The van der Waals surface area contributed by atoms with Crippen molar-refractivity contribution in [1.29, 1.82) is 0 Å². The van der Waals surface area contributed by atoms with Crippen LogP contribution in [-0.2, 0) is 17.5 Å². The fourth-order valence-corrected chi connectivity index (χ4v) is 3.55. The zero-order valence-corrected chi connectivity index (χ0v) is 17.2. The number of carboxylic acid groups (broad SMARTS) is 1. The lowest BCUT2D eigenvalue weighted by Gasteiger charge is -2.15. The van der Waals surface area contributed by atoms with Gasteiger partial charge in [0.25, 0.3) is 0 Å². The monoisotopic (exact) mass is 457 g/mol. The van der Waals surface area contributed by atoms with E-state index in [4.69, 9.17) is 5.11 Å². The van der Waals surface area contributed by atoms with Crippen molar-refractivity contribution in [3.63, 3.8) is 0 Å². The van der Waals surface area contributed by atoms with E-state index in [1.165, 1.54) is 18.3 Å². The van der Waals surface area contributed by atoms with Crippen LogP contribution in [0.5, 0.6) is 0 Å². The minimum absolute atomic E-state index is 0.0172. The first kappa shape index (κ1) is 22.5. The van der Waals surface area contributed by atoms with Crippen LogP contribution in [0.25, 0.3) is 27.7 Å². The van der Waals surface area contributed by atoms with Crippen molar-refractivity contribution < 1.29 is 27.5 Å². The fraction of sp³-hybridized carbons (Fsp3) is 0.167. The molecule has 4 rings (SSSR count). The summed E-state index contributed by atoms with van der Waals surface area (Å²) in [6, 6.07) is 14.8. The summed E-state index contributed by atoms with van der Waals surface area (Å²) in [7, 11) is 0. The van der Waals surface area contributed by atoms with Crippen LogP contribution in [0, 0.1) is 5.82 Å². The number of carboxylic acids is 1. The highest BCUT2D eigenvalue weighted by molar-refractivity contribution is 5.79. The highest BCUT2D eigenvalue weighted by Gasteiger charge is 2.35. The van der Waals surface area contributed by atoms with Gasteiger partial charge in [-0.1, -0.05) is 42.5 Å². The van der Waals surface area contributed by atoms with E-state index in [-0.39, 0.29) is 23.2 Å². The molecule has 0 unspecified atom stereocenters. The zero-order chi connectivity index (χ0) is 23.6. The molecule has 9 heteroatoms. The van der Waals surface area contributed by atoms with Crippen molar-refractivity contribution in [3.05, 3.63) is 83.8 Å². The van der Waals surface area contributed by atoms with Crippen LogP contribution < -0.4 is 5.32 Å². The van der Waals surface area contributed by atoms with Gasteiger partial charge in [0.05, 0.1) is 17.5 Å². The third-order valence-corrected chi connectivity index (χ3v) is 5.14. The molecule has 4 aromatic rings. The van der Waals surface area contributed by atoms with E-state index in [1.807, 2.05) is 0 Å². The van der Waals surface area contributed by atoms with E-state index in [2.05, 4.69) is 10.4 Å². The largest absolute Gasteiger partial charge is 0.481 e. The summed E-state index contributed by atoms with van der Waals surface area (Å²) in [6.07, 6.45) is -3.23. The minimum Gasteiger partial charge on any atom is -0.481 e. The van der Waals surface area contributed by atoms with Gasteiger partial charge >= 0.3 is 12.1 Å². The summed E-state index contributed by atoms with van der Waals surface area (Å²) in [6.45, 7) is 0.690. The van der Waals surface area contributed by atoms with Crippen LogP contribution in [-0.4, -0.2) is 27.4 Å². The van der Waals surface area contributed by atoms with E-state index < -0.39 is 23.5 Å². The second-order valence-corrected chi connectivity index (χ2v) is 7.50. The topological polar surface area (TPSA) is 67.2 Å². The summed E-state index contributed by atoms with van der Waals surface area (Å²) < 4.78 is 57.5. The number of alkyl halides is 3. The average Bonchev–Trinajstić information content (AvgIpc) is 3.19. The van der Waals surface area contributed by atoms with Crippen molar-refractivity contribution in [1.82, 2.24) is 15.1 Å². The van der Waals surface area contributed by atoms with E-state index in [0.717, 1.165) is 22.4 Å². The second-order valence-electron chi connectivity index (χ2n) is 7.50. The molecule has 3 aromatic carbocycles. The molecular formula is C24H19F4N3O2. The van der Waals surface area contributed by atoms with Crippen LogP contribution in [0.3, 0.4) is 0 Å². The second kappa shape index (κ2) is 9.03. The molecule has 33 heavy (non-hydrogen) atoms. The molecule has 0 saturated carbocycles. The van der Waals surface area contributed by atoms with Gasteiger partial charge in [-0.15, -0.1) is 0 Å². The van der Waals surface area contributed by atoms with Gasteiger partial charge in [-0.2, -0.15) is 18.3 Å². The van der Waals surface area contributed by atoms with Crippen molar-refractivity contribution in [2.24, 2.45) is 0 Å². The SMILES string of the molecule is O=C(O)CCNCc1ccc2cn(-c3cc(C(F)(F)F)c(-c4ccccc4)cc3F)nc2c1. The number of halogens is 4. The van der Waals surface area contributed by atoms with E-state index in [9.17, 15) is 22.4 Å². The maximum Gasteiger partial charge on any atom is 0.417 e. The molecule has 1 aromatic heterocycles. The highest BCUT2D eigenvalue weighted by Crippen LogP contribution is 2.39. The number of hydrogen-bond acceptors (Lipinski definition) is 3. The molecule has 0 aliphatic heterocycles.